The molecule has 3 nitrogen and oxygen atoms in total. The Hall–Kier alpha value is -1.22. The van der Waals surface area contributed by atoms with Crippen LogP contribution >= 0.6 is 0 Å². The number of benzene rings is 1. The highest BCUT2D eigenvalue weighted by Gasteiger charge is 1.97. The van der Waals surface area contributed by atoms with Gasteiger partial charge in [0.25, 0.3) is 0 Å². The van der Waals surface area contributed by atoms with Crippen molar-refractivity contribution in [3.8, 4) is 0 Å². The van der Waals surface area contributed by atoms with Crippen molar-refractivity contribution in [2.75, 3.05) is 18.6 Å². The van der Waals surface area contributed by atoms with Crippen molar-refractivity contribution in [3.63, 3.8) is 0 Å². The molecular formula is C8H12N2O. The van der Waals surface area contributed by atoms with Crippen LogP contribution in [-0.2, 0) is 11.3 Å². The van der Waals surface area contributed by atoms with Crippen LogP contribution in [-0.4, -0.2) is 7.11 Å². The molecule has 0 atom stereocenters. The van der Waals surface area contributed by atoms with Gasteiger partial charge in [-0.25, -0.2) is 0 Å². The molecule has 0 amide bonds. The van der Waals surface area contributed by atoms with Gasteiger partial charge in [0.1, 0.15) is 0 Å². The summed E-state index contributed by atoms with van der Waals surface area (Å²) in [4.78, 5) is 0. The van der Waals surface area contributed by atoms with Gasteiger partial charge < -0.3 is 16.2 Å². The van der Waals surface area contributed by atoms with Crippen LogP contribution in [0.25, 0.3) is 0 Å². The molecule has 0 radical (unpaired) electrons. The van der Waals surface area contributed by atoms with Crippen molar-refractivity contribution in [3.05, 3.63) is 23.8 Å². The van der Waals surface area contributed by atoms with E-state index < -0.39 is 0 Å². The van der Waals surface area contributed by atoms with Crippen LogP contribution in [0.3, 0.4) is 0 Å². The molecule has 0 saturated heterocycles. The van der Waals surface area contributed by atoms with Crippen LogP contribution < -0.4 is 11.5 Å². The highest BCUT2D eigenvalue weighted by molar-refractivity contribution is 5.54. The molecule has 1 aromatic rings. The maximum absolute atomic E-state index is 5.64. The fourth-order valence-electron chi connectivity index (χ4n) is 0.906. The van der Waals surface area contributed by atoms with Crippen molar-refractivity contribution >= 4 is 11.4 Å². The van der Waals surface area contributed by atoms with Crippen molar-refractivity contribution < 1.29 is 4.74 Å². The minimum absolute atomic E-state index is 0.511. The lowest BCUT2D eigenvalue weighted by Crippen LogP contribution is -1.97. The summed E-state index contributed by atoms with van der Waals surface area (Å²) in [6.45, 7) is 0.511. The highest BCUT2D eigenvalue weighted by atomic mass is 16.5. The number of rotatable bonds is 2. The largest absolute Gasteiger partial charge is 0.399 e. The van der Waals surface area contributed by atoms with E-state index >= 15 is 0 Å². The normalized spacial score (nSPS) is 9.91. The number of anilines is 2. The molecule has 3 heteroatoms. The Balaban J connectivity index is 2.93. The van der Waals surface area contributed by atoms with Gasteiger partial charge in [-0.1, -0.05) is 0 Å². The molecule has 1 rings (SSSR count). The maximum atomic E-state index is 5.64. The maximum Gasteiger partial charge on any atom is 0.0733 e. The lowest BCUT2D eigenvalue weighted by Gasteiger charge is -2.04. The Morgan fingerprint density at radius 3 is 2.73 bits per heavy atom. The topological polar surface area (TPSA) is 61.3 Å². The summed E-state index contributed by atoms with van der Waals surface area (Å²) in [6, 6.07) is 5.37. The van der Waals surface area contributed by atoms with Crippen molar-refractivity contribution in [1.29, 1.82) is 0 Å². The predicted octanol–water partition coefficient (Wildman–Crippen LogP) is 0.997. The second kappa shape index (κ2) is 3.25. The van der Waals surface area contributed by atoms with Crippen LogP contribution in [0.1, 0.15) is 5.56 Å². The second-order valence-electron chi connectivity index (χ2n) is 2.39. The Kier molecular flexibility index (Phi) is 2.33. The van der Waals surface area contributed by atoms with E-state index in [0.29, 0.717) is 12.3 Å². The summed E-state index contributed by atoms with van der Waals surface area (Å²) in [5.74, 6) is 0. The van der Waals surface area contributed by atoms with Gasteiger partial charge in [0.2, 0.25) is 0 Å². The summed E-state index contributed by atoms with van der Waals surface area (Å²) < 4.78 is 4.93. The molecule has 0 spiro atoms. The predicted molar refractivity (Wildman–Crippen MR) is 46.0 cm³/mol. The fraction of sp³-hybridized carbons (Fsp3) is 0.250. The molecule has 0 unspecified atom stereocenters. The van der Waals surface area contributed by atoms with Gasteiger partial charge in [0, 0.05) is 24.0 Å². The number of nitrogen functional groups attached to an aromatic ring is 2. The summed E-state index contributed by atoms with van der Waals surface area (Å²) in [5.41, 5.74) is 13.6. The lowest BCUT2D eigenvalue weighted by atomic mass is 10.2. The van der Waals surface area contributed by atoms with Crippen molar-refractivity contribution in [2.45, 2.75) is 6.61 Å². The number of ether oxygens (including phenoxy) is 1. The Morgan fingerprint density at radius 2 is 2.09 bits per heavy atom. The van der Waals surface area contributed by atoms with E-state index in [1.54, 1.807) is 19.2 Å². The number of nitrogens with two attached hydrogens (primary N) is 2. The third kappa shape index (κ3) is 1.85. The van der Waals surface area contributed by atoms with Gasteiger partial charge in [-0.05, 0) is 18.2 Å². The monoisotopic (exact) mass is 152 g/mol. The van der Waals surface area contributed by atoms with E-state index in [9.17, 15) is 0 Å². The summed E-state index contributed by atoms with van der Waals surface area (Å²) in [6.07, 6.45) is 0. The molecule has 0 heterocycles. The average Bonchev–Trinajstić information content (AvgIpc) is 1.98. The molecule has 4 N–H and O–H groups in total. The molecule has 0 bridgehead atoms. The molecular weight excluding hydrogens is 140 g/mol. The molecule has 0 aliphatic heterocycles. The highest BCUT2D eigenvalue weighted by Crippen LogP contribution is 2.15. The first-order valence-electron chi connectivity index (χ1n) is 3.37. The molecule has 60 valence electrons. The fourth-order valence-corrected chi connectivity index (χ4v) is 0.906. The van der Waals surface area contributed by atoms with Crippen LogP contribution in [0.15, 0.2) is 18.2 Å². The summed E-state index contributed by atoms with van der Waals surface area (Å²) >= 11 is 0. The number of hydrogen-bond acceptors (Lipinski definition) is 3. The summed E-state index contributed by atoms with van der Waals surface area (Å²) in [7, 11) is 1.63. The first-order valence-corrected chi connectivity index (χ1v) is 3.37. The van der Waals surface area contributed by atoms with E-state index in [2.05, 4.69) is 0 Å². The Morgan fingerprint density at radius 1 is 1.36 bits per heavy atom. The smallest absolute Gasteiger partial charge is 0.0733 e. The lowest BCUT2D eigenvalue weighted by molar-refractivity contribution is 0.185. The third-order valence-electron chi connectivity index (χ3n) is 1.47. The van der Waals surface area contributed by atoms with E-state index in [1.807, 2.05) is 6.07 Å². The van der Waals surface area contributed by atoms with E-state index in [1.165, 1.54) is 0 Å². The standard InChI is InChI=1S/C8H12N2O/c1-11-5-6-4-7(9)2-3-8(6)10/h2-4H,5,9-10H2,1H3. The minimum atomic E-state index is 0.511. The molecule has 0 fully saturated rings. The van der Waals surface area contributed by atoms with Gasteiger partial charge in [-0.3, -0.25) is 0 Å². The first-order chi connectivity index (χ1) is 5.24. The van der Waals surface area contributed by atoms with Gasteiger partial charge in [-0.15, -0.1) is 0 Å². The van der Waals surface area contributed by atoms with Gasteiger partial charge in [0.05, 0.1) is 6.61 Å². The van der Waals surface area contributed by atoms with Gasteiger partial charge in [-0.2, -0.15) is 0 Å². The van der Waals surface area contributed by atoms with Gasteiger partial charge in [0.15, 0.2) is 0 Å². The van der Waals surface area contributed by atoms with E-state index in [-0.39, 0.29) is 0 Å². The van der Waals surface area contributed by atoms with Gasteiger partial charge >= 0.3 is 0 Å². The minimum Gasteiger partial charge on any atom is -0.399 e. The summed E-state index contributed by atoms with van der Waals surface area (Å²) in [5, 5.41) is 0. The zero-order valence-electron chi connectivity index (χ0n) is 6.50. The molecule has 11 heavy (non-hydrogen) atoms. The van der Waals surface area contributed by atoms with Crippen LogP contribution in [0.4, 0.5) is 11.4 Å². The average molecular weight is 152 g/mol. The molecule has 0 aliphatic carbocycles. The zero-order valence-corrected chi connectivity index (χ0v) is 6.50. The first kappa shape index (κ1) is 7.88. The number of methoxy groups -OCH3 is 1. The zero-order chi connectivity index (χ0) is 8.27. The Labute approximate surface area is 66.0 Å². The van der Waals surface area contributed by atoms with Crippen LogP contribution in [0.2, 0.25) is 0 Å². The molecule has 1 aromatic carbocycles. The third-order valence-corrected chi connectivity index (χ3v) is 1.47. The van der Waals surface area contributed by atoms with E-state index in [0.717, 1.165) is 11.3 Å². The SMILES string of the molecule is COCc1cc(N)ccc1N. The molecule has 0 aliphatic rings. The van der Waals surface area contributed by atoms with E-state index in [4.69, 9.17) is 16.2 Å². The van der Waals surface area contributed by atoms with Crippen LogP contribution in [0.5, 0.6) is 0 Å². The molecule has 0 saturated carbocycles. The van der Waals surface area contributed by atoms with Crippen molar-refractivity contribution in [1.82, 2.24) is 0 Å². The van der Waals surface area contributed by atoms with Crippen molar-refractivity contribution in [2.24, 2.45) is 0 Å². The van der Waals surface area contributed by atoms with Crippen LogP contribution in [0, 0.1) is 0 Å². The second-order valence-corrected chi connectivity index (χ2v) is 2.39. The molecule has 0 aromatic heterocycles. The Bertz CT molecular complexity index is 248. The number of hydrogen-bond donors (Lipinski definition) is 2. The quantitative estimate of drug-likeness (QED) is 0.621.